The average molecular weight is 258 g/mol. The van der Waals surface area contributed by atoms with E-state index in [9.17, 15) is 4.79 Å². The highest BCUT2D eigenvalue weighted by atomic mass is 35.5. The maximum Gasteiger partial charge on any atom is 0.180 e. The Labute approximate surface area is 105 Å². The Balaban J connectivity index is 2.24. The van der Waals surface area contributed by atoms with Crippen molar-refractivity contribution in [2.45, 2.75) is 26.2 Å². The normalized spacial score (nSPS) is 25.6. The Kier molecular flexibility index (Phi) is 3.67. The molecule has 1 aromatic heterocycles. The van der Waals surface area contributed by atoms with Gasteiger partial charge in [0.25, 0.3) is 0 Å². The number of carbonyl (C=O) groups is 1. The lowest BCUT2D eigenvalue weighted by Crippen LogP contribution is -2.44. The number of hydrogen-bond donors (Lipinski definition) is 1. The van der Waals surface area contributed by atoms with E-state index < -0.39 is 0 Å². The Morgan fingerprint density at radius 1 is 1.62 bits per heavy atom. The molecule has 0 radical (unpaired) electrons. The summed E-state index contributed by atoms with van der Waals surface area (Å²) in [5, 5.41) is 3.33. The van der Waals surface area contributed by atoms with Gasteiger partial charge in [-0.2, -0.15) is 0 Å². The molecule has 88 valence electrons. The Morgan fingerprint density at radius 2 is 2.44 bits per heavy atom. The molecule has 1 unspecified atom stereocenters. The van der Waals surface area contributed by atoms with Crippen molar-refractivity contribution in [1.82, 2.24) is 5.32 Å². The number of nitrogens with one attached hydrogen (secondary N) is 1. The molecule has 0 spiro atoms. The van der Waals surface area contributed by atoms with Crippen LogP contribution in [0.4, 0.5) is 0 Å². The maximum absolute atomic E-state index is 12.5. The Hall–Kier alpha value is -0.380. The molecule has 0 aromatic carbocycles. The topological polar surface area (TPSA) is 29.1 Å². The lowest BCUT2D eigenvalue weighted by molar-refractivity contribution is 0.0735. The summed E-state index contributed by atoms with van der Waals surface area (Å²) in [6.45, 7) is 3.93. The highest BCUT2D eigenvalue weighted by Crippen LogP contribution is 2.36. The summed E-state index contributed by atoms with van der Waals surface area (Å²) in [5.74, 6) is 0.263. The van der Waals surface area contributed by atoms with E-state index in [1.165, 1.54) is 11.3 Å². The van der Waals surface area contributed by atoms with Gasteiger partial charge in [-0.25, -0.2) is 0 Å². The van der Waals surface area contributed by atoms with E-state index >= 15 is 0 Å². The first-order valence-corrected chi connectivity index (χ1v) is 6.88. The molecule has 2 heterocycles. The summed E-state index contributed by atoms with van der Waals surface area (Å²) in [6.07, 6.45) is 2.97. The van der Waals surface area contributed by atoms with Crippen LogP contribution in [0.3, 0.4) is 0 Å². The molecule has 0 aliphatic carbocycles. The molecule has 0 amide bonds. The summed E-state index contributed by atoms with van der Waals surface area (Å²) in [5.41, 5.74) is -0.202. The van der Waals surface area contributed by atoms with Crippen molar-refractivity contribution < 1.29 is 4.79 Å². The fourth-order valence-electron chi connectivity index (χ4n) is 2.32. The smallest absolute Gasteiger partial charge is 0.180 e. The first-order valence-electron chi connectivity index (χ1n) is 5.69. The molecule has 0 bridgehead atoms. The van der Waals surface area contributed by atoms with Crippen LogP contribution in [-0.2, 0) is 0 Å². The zero-order valence-corrected chi connectivity index (χ0v) is 11.0. The third kappa shape index (κ3) is 2.17. The van der Waals surface area contributed by atoms with Crippen molar-refractivity contribution >= 4 is 28.7 Å². The molecule has 16 heavy (non-hydrogen) atoms. The Bertz CT molecular complexity index is 382. The van der Waals surface area contributed by atoms with Crippen LogP contribution in [0.25, 0.3) is 0 Å². The van der Waals surface area contributed by atoms with Crippen LogP contribution >= 0.6 is 22.9 Å². The fourth-order valence-corrected chi connectivity index (χ4v) is 3.43. The van der Waals surface area contributed by atoms with Crippen molar-refractivity contribution in [3.05, 3.63) is 21.3 Å². The summed E-state index contributed by atoms with van der Waals surface area (Å²) >= 11 is 7.27. The van der Waals surface area contributed by atoms with Gasteiger partial charge in [-0.1, -0.05) is 18.5 Å². The Morgan fingerprint density at radius 3 is 2.94 bits per heavy atom. The lowest BCUT2D eigenvalue weighted by atomic mass is 9.74. The molecular weight excluding hydrogens is 242 g/mol. The van der Waals surface area contributed by atoms with Crippen molar-refractivity contribution in [2.24, 2.45) is 5.41 Å². The molecule has 1 fully saturated rings. The average Bonchev–Trinajstić information content (AvgIpc) is 2.76. The minimum absolute atomic E-state index is 0.202. The summed E-state index contributed by atoms with van der Waals surface area (Å²) in [7, 11) is 0. The van der Waals surface area contributed by atoms with Gasteiger partial charge in [0.15, 0.2) is 5.78 Å². The summed E-state index contributed by atoms with van der Waals surface area (Å²) in [4.78, 5) is 13.3. The SMILES string of the molecule is CCC1(C(=O)c2ccc(Cl)s2)CCCNC1. The van der Waals surface area contributed by atoms with E-state index in [4.69, 9.17) is 11.6 Å². The van der Waals surface area contributed by atoms with Gasteiger partial charge in [-0.15, -0.1) is 11.3 Å². The highest BCUT2D eigenvalue weighted by Gasteiger charge is 2.38. The van der Waals surface area contributed by atoms with Crippen LogP contribution in [-0.4, -0.2) is 18.9 Å². The van der Waals surface area contributed by atoms with Gasteiger partial charge >= 0.3 is 0 Å². The molecule has 1 aliphatic rings. The van der Waals surface area contributed by atoms with E-state index in [1.807, 2.05) is 6.07 Å². The molecule has 2 rings (SSSR count). The van der Waals surface area contributed by atoms with Gasteiger partial charge in [0.2, 0.25) is 0 Å². The molecule has 4 heteroatoms. The third-order valence-corrected chi connectivity index (χ3v) is 4.66. The van der Waals surface area contributed by atoms with Crippen LogP contribution < -0.4 is 5.32 Å². The second kappa shape index (κ2) is 4.86. The van der Waals surface area contributed by atoms with E-state index in [0.29, 0.717) is 4.34 Å². The van der Waals surface area contributed by atoms with Crippen LogP contribution in [0.5, 0.6) is 0 Å². The van der Waals surface area contributed by atoms with Gasteiger partial charge in [-0.3, -0.25) is 4.79 Å². The number of hydrogen-bond acceptors (Lipinski definition) is 3. The number of halogens is 1. The van der Waals surface area contributed by atoms with Crippen molar-refractivity contribution in [2.75, 3.05) is 13.1 Å². The third-order valence-electron chi connectivity index (χ3n) is 3.43. The zero-order valence-electron chi connectivity index (χ0n) is 9.38. The van der Waals surface area contributed by atoms with Crippen LogP contribution in [0.2, 0.25) is 4.34 Å². The van der Waals surface area contributed by atoms with Crippen LogP contribution in [0.1, 0.15) is 35.9 Å². The number of rotatable bonds is 3. The first-order chi connectivity index (χ1) is 7.68. The lowest BCUT2D eigenvalue weighted by Gasteiger charge is -2.35. The monoisotopic (exact) mass is 257 g/mol. The molecule has 1 aliphatic heterocycles. The predicted molar refractivity (Wildman–Crippen MR) is 68.5 cm³/mol. The second-order valence-electron chi connectivity index (χ2n) is 4.35. The zero-order chi connectivity index (χ0) is 11.6. The van der Waals surface area contributed by atoms with Crippen molar-refractivity contribution in [3.63, 3.8) is 0 Å². The van der Waals surface area contributed by atoms with Gasteiger partial charge in [0, 0.05) is 12.0 Å². The molecule has 1 aromatic rings. The maximum atomic E-state index is 12.5. The minimum Gasteiger partial charge on any atom is -0.316 e. The molecular formula is C12H16ClNOS. The van der Waals surface area contributed by atoms with Crippen molar-refractivity contribution in [3.8, 4) is 0 Å². The minimum atomic E-state index is -0.202. The van der Waals surface area contributed by atoms with E-state index in [1.54, 1.807) is 6.07 Å². The van der Waals surface area contributed by atoms with Gasteiger partial charge in [-0.05, 0) is 37.9 Å². The standard InChI is InChI=1S/C12H16ClNOS/c1-2-12(6-3-7-14-8-12)11(15)9-4-5-10(13)16-9/h4-5,14H,2-3,6-8H2,1H3. The number of Topliss-reactive ketones (excluding diaryl/α,β-unsaturated/α-hetero) is 1. The van der Waals surface area contributed by atoms with Crippen LogP contribution in [0.15, 0.2) is 12.1 Å². The number of ketones is 1. The molecule has 2 nitrogen and oxygen atoms in total. The summed E-state index contributed by atoms with van der Waals surface area (Å²) in [6, 6.07) is 3.65. The van der Waals surface area contributed by atoms with E-state index in [0.717, 1.165) is 37.2 Å². The fraction of sp³-hybridized carbons (Fsp3) is 0.583. The second-order valence-corrected chi connectivity index (χ2v) is 6.06. The highest BCUT2D eigenvalue weighted by molar-refractivity contribution is 7.18. The van der Waals surface area contributed by atoms with E-state index in [-0.39, 0.29) is 11.2 Å². The van der Waals surface area contributed by atoms with Gasteiger partial charge in [0.1, 0.15) is 0 Å². The molecule has 1 saturated heterocycles. The number of carbonyl (C=O) groups excluding carboxylic acids is 1. The summed E-state index contributed by atoms with van der Waals surface area (Å²) < 4.78 is 0.693. The predicted octanol–water partition coefficient (Wildman–Crippen LogP) is 3.36. The van der Waals surface area contributed by atoms with Crippen molar-refractivity contribution in [1.29, 1.82) is 0 Å². The van der Waals surface area contributed by atoms with Crippen LogP contribution in [0, 0.1) is 5.41 Å². The number of piperidine rings is 1. The molecule has 1 N–H and O–H groups in total. The van der Waals surface area contributed by atoms with Gasteiger partial charge in [0.05, 0.1) is 9.21 Å². The quantitative estimate of drug-likeness (QED) is 0.842. The van der Waals surface area contributed by atoms with Gasteiger partial charge < -0.3 is 5.32 Å². The first kappa shape index (κ1) is 12.1. The number of thiophene rings is 1. The molecule has 0 saturated carbocycles. The largest absolute Gasteiger partial charge is 0.316 e. The molecule has 1 atom stereocenters. The van der Waals surface area contributed by atoms with E-state index in [2.05, 4.69) is 12.2 Å².